The first-order chi connectivity index (χ1) is 9.08. The van der Waals surface area contributed by atoms with Crippen molar-refractivity contribution in [1.82, 2.24) is 0 Å². The third-order valence-electron chi connectivity index (χ3n) is 3.58. The van der Waals surface area contributed by atoms with Gasteiger partial charge in [0.15, 0.2) is 0 Å². The molecule has 5 N–H and O–H groups in total. The van der Waals surface area contributed by atoms with Crippen LogP contribution in [0.25, 0.3) is 0 Å². The van der Waals surface area contributed by atoms with E-state index in [4.69, 9.17) is 21.3 Å². The zero-order chi connectivity index (χ0) is 13.9. The predicted molar refractivity (Wildman–Crippen MR) is 71.6 cm³/mol. The van der Waals surface area contributed by atoms with Crippen molar-refractivity contribution in [3.8, 4) is 5.75 Å². The average molecular weight is 264 g/mol. The zero-order valence-corrected chi connectivity index (χ0v) is 10.8. The van der Waals surface area contributed by atoms with Crippen LogP contribution in [0, 0.1) is 5.92 Å². The van der Waals surface area contributed by atoms with E-state index in [-0.39, 0.29) is 19.1 Å². The molecule has 0 spiro atoms. The number of carbonyl (C=O) groups excluding carboxylic acids is 1. The van der Waals surface area contributed by atoms with E-state index in [2.05, 4.69) is 0 Å². The molecule has 5 heteroatoms. The van der Waals surface area contributed by atoms with Gasteiger partial charge >= 0.3 is 0 Å². The smallest absolute Gasteiger partial charge is 0.241 e. The highest BCUT2D eigenvalue weighted by molar-refractivity contribution is 5.85. The number of rotatable bonds is 7. The molecule has 5 nitrogen and oxygen atoms in total. The van der Waals surface area contributed by atoms with Crippen LogP contribution in [0.2, 0.25) is 0 Å². The Bertz CT molecular complexity index is 460. The van der Waals surface area contributed by atoms with Crippen LogP contribution in [0.4, 0.5) is 0 Å². The summed E-state index contributed by atoms with van der Waals surface area (Å²) in [5, 5.41) is 9.00. The van der Waals surface area contributed by atoms with Crippen molar-refractivity contribution in [2.24, 2.45) is 17.4 Å². The number of carbonyl (C=O) groups is 1. The van der Waals surface area contributed by atoms with Crippen LogP contribution < -0.4 is 16.2 Å². The summed E-state index contributed by atoms with van der Waals surface area (Å²) in [6, 6.07) is 7.41. The molecule has 0 heterocycles. The van der Waals surface area contributed by atoms with Gasteiger partial charge < -0.3 is 21.3 Å². The van der Waals surface area contributed by atoms with Crippen molar-refractivity contribution in [3.05, 3.63) is 29.8 Å². The number of amides is 1. The molecule has 1 aromatic rings. The largest absolute Gasteiger partial charge is 0.491 e. The Balaban J connectivity index is 2.07. The first-order valence-electron chi connectivity index (χ1n) is 6.48. The van der Waals surface area contributed by atoms with Crippen molar-refractivity contribution < 1.29 is 14.6 Å². The molecule has 2 rings (SSSR count). The average Bonchev–Trinajstić information content (AvgIpc) is 3.22. The van der Waals surface area contributed by atoms with Crippen molar-refractivity contribution in [3.63, 3.8) is 0 Å². The van der Waals surface area contributed by atoms with Gasteiger partial charge in [-0.1, -0.05) is 18.2 Å². The highest BCUT2D eigenvalue weighted by Gasteiger charge is 2.47. The number of nitrogens with two attached hydrogens (primary N) is 2. The summed E-state index contributed by atoms with van der Waals surface area (Å²) in [5.74, 6) is 0.248. The fourth-order valence-corrected chi connectivity index (χ4v) is 2.16. The molecule has 1 aliphatic carbocycles. The number of aliphatic hydroxyl groups is 1. The van der Waals surface area contributed by atoms with Gasteiger partial charge in [-0.3, -0.25) is 4.79 Å². The molecule has 1 fully saturated rings. The van der Waals surface area contributed by atoms with Crippen LogP contribution in [0.3, 0.4) is 0 Å². The SMILES string of the molecule is NC(=O)C(N)(COc1ccccc1CCO)C1CC1. The molecule has 0 bridgehead atoms. The van der Waals surface area contributed by atoms with Gasteiger partial charge in [0.25, 0.3) is 0 Å². The maximum absolute atomic E-state index is 11.5. The maximum atomic E-state index is 11.5. The first kappa shape index (κ1) is 13.8. The van der Waals surface area contributed by atoms with Crippen molar-refractivity contribution >= 4 is 5.91 Å². The Morgan fingerprint density at radius 2 is 2.11 bits per heavy atom. The fraction of sp³-hybridized carbons (Fsp3) is 0.500. The van der Waals surface area contributed by atoms with E-state index in [1.54, 1.807) is 6.07 Å². The van der Waals surface area contributed by atoms with E-state index < -0.39 is 11.4 Å². The van der Waals surface area contributed by atoms with Gasteiger partial charge in [0, 0.05) is 6.61 Å². The molecule has 0 aliphatic heterocycles. The van der Waals surface area contributed by atoms with Crippen LogP contribution in [-0.2, 0) is 11.2 Å². The van der Waals surface area contributed by atoms with Crippen LogP contribution in [-0.4, -0.2) is 29.8 Å². The monoisotopic (exact) mass is 264 g/mol. The Morgan fingerprint density at radius 3 is 2.68 bits per heavy atom. The van der Waals surface area contributed by atoms with Crippen molar-refractivity contribution in [1.29, 1.82) is 0 Å². The Hall–Kier alpha value is -1.59. The molecule has 1 aliphatic rings. The Labute approximate surface area is 112 Å². The highest BCUT2D eigenvalue weighted by atomic mass is 16.5. The molecular weight excluding hydrogens is 244 g/mol. The van der Waals surface area contributed by atoms with E-state index >= 15 is 0 Å². The van der Waals surface area contributed by atoms with Crippen molar-refractivity contribution in [2.75, 3.05) is 13.2 Å². The van der Waals surface area contributed by atoms with E-state index in [0.29, 0.717) is 12.2 Å². The van der Waals surface area contributed by atoms with Gasteiger partial charge in [-0.25, -0.2) is 0 Å². The van der Waals surface area contributed by atoms with Gasteiger partial charge in [-0.05, 0) is 36.8 Å². The maximum Gasteiger partial charge on any atom is 0.241 e. The number of ether oxygens (including phenoxy) is 1. The summed E-state index contributed by atoms with van der Waals surface area (Å²) in [4.78, 5) is 11.5. The van der Waals surface area contributed by atoms with Crippen LogP contribution in [0.1, 0.15) is 18.4 Å². The minimum absolute atomic E-state index is 0.0482. The lowest BCUT2D eigenvalue weighted by molar-refractivity contribution is -0.125. The summed E-state index contributed by atoms with van der Waals surface area (Å²) in [6.07, 6.45) is 2.34. The lowest BCUT2D eigenvalue weighted by atomic mass is 9.95. The molecule has 104 valence electrons. The quantitative estimate of drug-likeness (QED) is 0.655. The normalized spacial score (nSPS) is 17.8. The second kappa shape index (κ2) is 5.59. The Kier molecular flexibility index (Phi) is 4.07. The lowest BCUT2D eigenvalue weighted by Gasteiger charge is -2.26. The summed E-state index contributed by atoms with van der Waals surface area (Å²) in [7, 11) is 0. The second-order valence-corrected chi connectivity index (χ2v) is 5.05. The number of aliphatic hydroxyl groups excluding tert-OH is 1. The standard InChI is InChI=1S/C14H20N2O3/c15-13(18)14(16,11-5-6-11)9-19-12-4-2-1-3-10(12)7-8-17/h1-4,11,17H,5-9,16H2,(H2,15,18). The second-order valence-electron chi connectivity index (χ2n) is 5.05. The molecule has 1 aromatic carbocycles. The number of hydrogen-bond donors (Lipinski definition) is 3. The zero-order valence-electron chi connectivity index (χ0n) is 10.8. The minimum atomic E-state index is -1.09. The third-order valence-corrected chi connectivity index (χ3v) is 3.58. The number of hydrogen-bond acceptors (Lipinski definition) is 4. The van der Waals surface area contributed by atoms with Crippen LogP contribution in [0.15, 0.2) is 24.3 Å². The number of para-hydroxylation sites is 1. The molecule has 0 radical (unpaired) electrons. The topological polar surface area (TPSA) is 98.6 Å². The van der Waals surface area contributed by atoms with Gasteiger partial charge in [-0.15, -0.1) is 0 Å². The third kappa shape index (κ3) is 3.05. The molecule has 1 amide bonds. The van der Waals surface area contributed by atoms with E-state index in [1.165, 1.54) is 0 Å². The summed E-state index contributed by atoms with van der Waals surface area (Å²) in [5.41, 5.74) is 11.3. The molecule has 19 heavy (non-hydrogen) atoms. The van der Waals surface area contributed by atoms with E-state index in [9.17, 15) is 4.79 Å². The molecule has 0 saturated heterocycles. The van der Waals surface area contributed by atoms with Gasteiger partial charge in [-0.2, -0.15) is 0 Å². The predicted octanol–water partition coefficient (Wildman–Crippen LogP) is 0.193. The number of primary amides is 1. The lowest BCUT2D eigenvalue weighted by Crippen LogP contribution is -2.58. The number of benzene rings is 1. The summed E-state index contributed by atoms with van der Waals surface area (Å²) < 4.78 is 5.68. The van der Waals surface area contributed by atoms with Crippen LogP contribution in [0.5, 0.6) is 5.75 Å². The van der Waals surface area contributed by atoms with Gasteiger partial charge in [0.2, 0.25) is 5.91 Å². The van der Waals surface area contributed by atoms with Crippen LogP contribution >= 0.6 is 0 Å². The highest BCUT2D eigenvalue weighted by Crippen LogP contribution is 2.38. The van der Waals surface area contributed by atoms with E-state index in [0.717, 1.165) is 18.4 Å². The Morgan fingerprint density at radius 1 is 1.42 bits per heavy atom. The summed E-state index contributed by atoms with van der Waals surface area (Å²) in [6.45, 7) is 0.127. The first-order valence-corrected chi connectivity index (χ1v) is 6.48. The van der Waals surface area contributed by atoms with Gasteiger partial charge in [0.05, 0.1) is 0 Å². The van der Waals surface area contributed by atoms with E-state index in [1.807, 2.05) is 18.2 Å². The molecular formula is C14H20N2O3. The molecule has 1 saturated carbocycles. The summed E-state index contributed by atoms with van der Waals surface area (Å²) >= 11 is 0. The molecule has 1 unspecified atom stereocenters. The minimum Gasteiger partial charge on any atom is -0.491 e. The fourth-order valence-electron chi connectivity index (χ4n) is 2.16. The molecule has 1 atom stereocenters. The molecule has 0 aromatic heterocycles. The van der Waals surface area contributed by atoms with Crippen molar-refractivity contribution in [2.45, 2.75) is 24.8 Å². The van der Waals surface area contributed by atoms with Gasteiger partial charge in [0.1, 0.15) is 17.9 Å².